The first-order valence-corrected chi connectivity index (χ1v) is 8.81. The highest BCUT2D eigenvalue weighted by molar-refractivity contribution is 7.15. The molecule has 8 heteroatoms. The molecule has 2 aromatic rings. The summed E-state index contributed by atoms with van der Waals surface area (Å²) in [4.78, 5) is 18.1. The van der Waals surface area contributed by atoms with E-state index in [-0.39, 0.29) is 23.0 Å². The summed E-state index contributed by atoms with van der Waals surface area (Å²) in [7, 11) is 1.33. The molecular weight excluding hydrogens is 350 g/mol. The third kappa shape index (κ3) is 4.25. The van der Waals surface area contributed by atoms with Crippen LogP contribution in [0.15, 0.2) is 18.2 Å². The van der Waals surface area contributed by atoms with E-state index < -0.39 is 6.61 Å². The molecule has 5 nitrogen and oxygen atoms in total. The van der Waals surface area contributed by atoms with Crippen molar-refractivity contribution in [3.05, 3.63) is 34.3 Å². The van der Waals surface area contributed by atoms with Gasteiger partial charge in [-0.05, 0) is 43.9 Å². The average Bonchev–Trinajstić information content (AvgIpc) is 2.83. The normalized spacial score (nSPS) is 13.9. The first-order chi connectivity index (χ1) is 12.1. The molecule has 1 heterocycles. The number of nitrogens with zero attached hydrogens (tertiary/aromatic N) is 1. The molecule has 1 amide bonds. The number of aromatic nitrogens is 1. The van der Waals surface area contributed by atoms with Gasteiger partial charge in [0.25, 0.3) is 5.91 Å². The van der Waals surface area contributed by atoms with Crippen molar-refractivity contribution >= 4 is 22.4 Å². The van der Waals surface area contributed by atoms with Crippen molar-refractivity contribution in [3.8, 4) is 11.5 Å². The van der Waals surface area contributed by atoms with Crippen LogP contribution < -0.4 is 14.8 Å². The Kier molecular flexibility index (Phi) is 5.47. The molecule has 0 aliphatic heterocycles. The van der Waals surface area contributed by atoms with Gasteiger partial charge in [0.1, 0.15) is 0 Å². The minimum absolute atomic E-state index is 0.0721. The van der Waals surface area contributed by atoms with Crippen LogP contribution in [0.4, 0.5) is 13.9 Å². The summed E-state index contributed by atoms with van der Waals surface area (Å²) in [6.07, 6.45) is 5.40. The second-order valence-corrected chi connectivity index (χ2v) is 6.73. The molecule has 1 aliphatic carbocycles. The monoisotopic (exact) mass is 368 g/mol. The molecular formula is C17H18F2N2O3S. The molecule has 1 aromatic heterocycles. The van der Waals surface area contributed by atoms with Gasteiger partial charge < -0.3 is 9.47 Å². The Labute approximate surface area is 148 Å². The molecule has 25 heavy (non-hydrogen) atoms. The number of carbonyl (C=O) groups excluding carboxylic acids is 1. The average molecular weight is 368 g/mol. The first-order valence-electron chi connectivity index (χ1n) is 7.99. The second kappa shape index (κ2) is 7.77. The van der Waals surface area contributed by atoms with Crippen LogP contribution in [0.2, 0.25) is 0 Å². The Bertz CT molecular complexity index is 741. The number of aryl methyl sites for hydroxylation is 2. The van der Waals surface area contributed by atoms with Crippen molar-refractivity contribution in [2.24, 2.45) is 0 Å². The van der Waals surface area contributed by atoms with E-state index in [1.165, 1.54) is 47.9 Å². The lowest BCUT2D eigenvalue weighted by molar-refractivity contribution is -0.0512. The van der Waals surface area contributed by atoms with Crippen molar-refractivity contribution in [3.63, 3.8) is 0 Å². The smallest absolute Gasteiger partial charge is 0.387 e. The number of halogens is 2. The molecule has 0 atom stereocenters. The SMILES string of the molecule is COc1cc(C(=O)Nc2nc3c(s2)CCCCC3)ccc1OC(F)F. The number of amides is 1. The second-order valence-electron chi connectivity index (χ2n) is 5.65. The van der Waals surface area contributed by atoms with Gasteiger partial charge in [-0.15, -0.1) is 11.3 Å². The van der Waals surface area contributed by atoms with E-state index in [1.807, 2.05) is 0 Å². The third-order valence-electron chi connectivity index (χ3n) is 3.96. The van der Waals surface area contributed by atoms with Gasteiger partial charge >= 0.3 is 6.61 Å². The maximum Gasteiger partial charge on any atom is 0.387 e. The van der Waals surface area contributed by atoms with Crippen LogP contribution in [0.25, 0.3) is 0 Å². The van der Waals surface area contributed by atoms with Gasteiger partial charge in [0.2, 0.25) is 0 Å². The summed E-state index contributed by atoms with van der Waals surface area (Å²) in [5, 5.41) is 3.33. The molecule has 134 valence electrons. The van der Waals surface area contributed by atoms with Crippen molar-refractivity contribution in [2.75, 3.05) is 12.4 Å². The van der Waals surface area contributed by atoms with E-state index in [0.29, 0.717) is 5.13 Å². The van der Waals surface area contributed by atoms with Crippen molar-refractivity contribution in [1.29, 1.82) is 0 Å². The number of carbonyl (C=O) groups is 1. The number of benzene rings is 1. The Morgan fingerprint density at radius 1 is 1.24 bits per heavy atom. The maximum atomic E-state index is 12.4. The number of hydrogen-bond acceptors (Lipinski definition) is 5. The number of alkyl halides is 2. The minimum atomic E-state index is -2.96. The fraction of sp³-hybridized carbons (Fsp3) is 0.412. The zero-order valence-electron chi connectivity index (χ0n) is 13.7. The topological polar surface area (TPSA) is 60.5 Å². The number of fused-ring (bicyclic) bond motifs is 1. The van der Waals surface area contributed by atoms with Crippen LogP contribution in [0.1, 0.15) is 40.2 Å². The van der Waals surface area contributed by atoms with Gasteiger partial charge in [0, 0.05) is 10.4 Å². The Balaban J connectivity index is 1.75. The van der Waals surface area contributed by atoms with E-state index in [9.17, 15) is 13.6 Å². The fourth-order valence-electron chi connectivity index (χ4n) is 2.75. The Morgan fingerprint density at radius 3 is 2.80 bits per heavy atom. The third-order valence-corrected chi connectivity index (χ3v) is 5.03. The maximum absolute atomic E-state index is 12.4. The molecule has 0 unspecified atom stereocenters. The standard InChI is InChI=1S/C17H18F2N2O3S/c1-23-13-9-10(7-8-12(13)24-16(18)19)15(22)21-17-20-11-5-3-2-4-6-14(11)25-17/h7-9,16H,2-6H2,1H3,(H,20,21,22). The van der Waals surface area contributed by atoms with Crippen LogP contribution in [0.3, 0.4) is 0 Å². The molecule has 0 radical (unpaired) electrons. The van der Waals surface area contributed by atoms with Crippen molar-refractivity contribution in [2.45, 2.75) is 38.7 Å². The number of nitrogens with one attached hydrogen (secondary N) is 1. The lowest BCUT2D eigenvalue weighted by atomic mass is 10.2. The van der Waals surface area contributed by atoms with E-state index in [4.69, 9.17) is 4.74 Å². The summed E-state index contributed by atoms with van der Waals surface area (Å²) < 4.78 is 34.1. The van der Waals surface area contributed by atoms with E-state index in [1.54, 1.807) is 0 Å². The van der Waals surface area contributed by atoms with Crippen LogP contribution in [-0.2, 0) is 12.8 Å². The van der Waals surface area contributed by atoms with Gasteiger partial charge in [0.15, 0.2) is 16.6 Å². The predicted octanol–water partition coefficient (Wildman–Crippen LogP) is 4.27. The van der Waals surface area contributed by atoms with Gasteiger partial charge in [-0.3, -0.25) is 10.1 Å². The van der Waals surface area contributed by atoms with E-state index in [0.717, 1.165) is 31.4 Å². The highest BCUT2D eigenvalue weighted by Crippen LogP contribution is 2.31. The van der Waals surface area contributed by atoms with Crippen molar-refractivity contribution in [1.82, 2.24) is 4.98 Å². The molecule has 0 saturated carbocycles. The molecule has 0 bridgehead atoms. The summed E-state index contributed by atoms with van der Waals surface area (Å²) in [5.41, 5.74) is 1.35. The highest BCUT2D eigenvalue weighted by atomic mass is 32.1. The predicted molar refractivity (Wildman–Crippen MR) is 91.0 cm³/mol. The fourth-order valence-corrected chi connectivity index (χ4v) is 3.80. The van der Waals surface area contributed by atoms with Crippen LogP contribution in [0, 0.1) is 0 Å². The number of ether oxygens (including phenoxy) is 2. The molecule has 1 aromatic carbocycles. The quantitative estimate of drug-likeness (QED) is 0.801. The Morgan fingerprint density at radius 2 is 2.04 bits per heavy atom. The number of hydrogen-bond donors (Lipinski definition) is 1. The van der Waals surface area contributed by atoms with Gasteiger partial charge in [-0.25, -0.2) is 4.98 Å². The van der Waals surface area contributed by atoms with Crippen molar-refractivity contribution < 1.29 is 23.0 Å². The zero-order chi connectivity index (χ0) is 17.8. The summed E-state index contributed by atoms with van der Waals surface area (Å²) in [6.45, 7) is -2.96. The number of rotatable bonds is 5. The number of thiazole rings is 1. The summed E-state index contributed by atoms with van der Waals surface area (Å²) >= 11 is 1.50. The number of methoxy groups -OCH3 is 1. The molecule has 3 rings (SSSR count). The molecule has 0 spiro atoms. The van der Waals surface area contributed by atoms with Gasteiger partial charge in [-0.1, -0.05) is 6.42 Å². The van der Waals surface area contributed by atoms with Crippen LogP contribution >= 0.6 is 11.3 Å². The number of anilines is 1. The van der Waals surface area contributed by atoms with Crippen LogP contribution in [0.5, 0.6) is 11.5 Å². The highest BCUT2D eigenvalue weighted by Gasteiger charge is 2.18. The summed E-state index contributed by atoms with van der Waals surface area (Å²) in [6, 6.07) is 4.07. The lowest BCUT2D eigenvalue weighted by Crippen LogP contribution is -2.12. The van der Waals surface area contributed by atoms with E-state index >= 15 is 0 Å². The lowest BCUT2D eigenvalue weighted by Gasteiger charge is -2.11. The largest absolute Gasteiger partial charge is 0.493 e. The molecule has 1 aliphatic rings. The molecule has 0 fully saturated rings. The van der Waals surface area contributed by atoms with Gasteiger partial charge in [0.05, 0.1) is 12.8 Å². The first kappa shape index (κ1) is 17.6. The Hall–Kier alpha value is -2.22. The zero-order valence-corrected chi connectivity index (χ0v) is 14.5. The molecule has 1 N–H and O–H groups in total. The summed E-state index contributed by atoms with van der Waals surface area (Å²) in [5.74, 6) is -0.413. The molecule has 0 saturated heterocycles. The minimum Gasteiger partial charge on any atom is -0.493 e. The van der Waals surface area contributed by atoms with Gasteiger partial charge in [-0.2, -0.15) is 8.78 Å². The van der Waals surface area contributed by atoms with E-state index in [2.05, 4.69) is 15.0 Å². The van der Waals surface area contributed by atoms with Crippen LogP contribution in [-0.4, -0.2) is 24.6 Å².